The van der Waals surface area contributed by atoms with Crippen molar-refractivity contribution in [1.82, 2.24) is 9.97 Å². The lowest BCUT2D eigenvalue weighted by molar-refractivity contribution is 0.938. The molecule has 30 heavy (non-hydrogen) atoms. The predicted octanol–water partition coefficient (Wildman–Crippen LogP) is 6.81. The second-order valence-electron chi connectivity index (χ2n) is 6.63. The summed E-state index contributed by atoms with van der Waals surface area (Å²) < 4.78 is 2.06. The summed E-state index contributed by atoms with van der Waals surface area (Å²) in [6.45, 7) is 0. The number of hydrogen-bond donors (Lipinski definition) is 0. The van der Waals surface area contributed by atoms with Crippen LogP contribution in [0, 0.1) is 0 Å². The van der Waals surface area contributed by atoms with Crippen LogP contribution in [-0.4, -0.2) is 23.2 Å². The maximum Gasteiger partial charge on any atom is 0.247 e. The fourth-order valence-corrected chi connectivity index (χ4v) is 3.39. The third-order valence-corrected chi connectivity index (χ3v) is 5.52. The molecule has 0 bridgehead atoms. The topological polar surface area (TPSA) is 41.4 Å². The number of rotatable bonds is 5. The maximum atomic E-state index is 4.76. The first-order chi connectivity index (χ1) is 14.6. The molecule has 4 rings (SSSR count). The van der Waals surface area contributed by atoms with Gasteiger partial charge in [-0.1, -0.05) is 86.5 Å². The van der Waals surface area contributed by atoms with Crippen molar-refractivity contribution in [1.29, 1.82) is 0 Å². The molecular weight excluding hydrogens is 504 g/mol. The molecule has 0 atom stereocenters. The van der Waals surface area contributed by atoms with E-state index in [0.29, 0.717) is 5.95 Å². The molecular formula is C24H18Br2N4. The van der Waals surface area contributed by atoms with Gasteiger partial charge >= 0.3 is 0 Å². The molecule has 0 aliphatic rings. The highest BCUT2D eigenvalue weighted by atomic mass is 79.9. The van der Waals surface area contributed by atoms with Crippen molar-refractivity contribution in [3.63, 3.8) is 0 Å². The van der Waals surface area contributed by atoms with E-state index >= 15 is 0 Å². The smallest absolute Gasteiger partial charge is 0.235 e. The van der Waals surface area contributed by atoms with E-state index in [1.807, 2.05) is 92.0 Å². The Kier molecular flexibility index (Phi) is 6.35. The number of anilines is 1. The third-order valence-electron chi connectivity index (χ3n) is 4.46. The molecule has 0 fully saturated rings. The molecule has 1 aromatic heterocycles. The second-order valence-corrected chi connectivity index (χ2v) is 8.46. The molecule has 6 heteroatoms. The summed E-state index contributed by atoms with van der Waals surface area (Å²) in [5, 5.41) is 6.23. The zero-order valence-corrected chi connectivity index (χ0v) is 19.4. The SMILES string of the molecule is CN(N=Cc1ccc(Br)cc1)c1nc(-c2ccccc2)cc(-c2ccc(Br)cc2)n1. The Hall–Kier alpha value is -2.83. The van der Waals surface area contributed by atoms with Crippen LogP contribution in [0.5, 0.6) is 0 Å². The molecule has 0 radical (unpaired) electrons. The first-order valence-corrected chi connectivity index (χ1v) is 10.9. The lowest BCUT2D eigenvalue weighted by Crippen LogP contribution is -2.13. The lowest BCUT2D eigenvalue weighted by Gasteiger charge is -2.14. The van der Waals surface area contributed by atoms with Gasteiger partial charge in [0.25, 0.3) is 0 Å². The number of halogens is 2. The molecule has 4 nitrogen and oxygen atoms in total. The minimum Gasteiger partial charge on any atom is -0.235 e. The Morgan fingerprint density at radius 3 is 1.87 bits per heavy atom. The van der Waals surface area contributed by atoms with Crippen LogP contribution in [0.1, 0.15) is 5.56 Å². The van der Waals surface area contributed by atoms with Gasteiger partial charge in [0.1, 0.15) is 0 Å². The average molecular weight is 522 g/mol. The molecule has 0 unspecified atom stereocenters. The van der Waals surface area contributed by atoms with Crippen LogP contribution in [0.4, 0.5) is 5.95 Å². The molecule has 148 valence electrons. The number of nitrogens with zero attached hydrogens (tertiary/aromatic N) is 4. The van der Waals surface area contributed by atoms with Crippen LogP contribution < -0.4 is 5.01 Å². The molecule has 1 heterocycles. The first-order valence-electron chi connectivity index (χ1n) is 9.32. The zero-order valence-electron chi connectivity index (χ0n) is 16.2. The molecule has 0 aliphatic carbocycles. The van der Waals surface area contributed by atoms with E-state index < -0.39 is 0 Å². The van der Waals surface area contributed by atoms with E-state index in [-0.39, 0.29) is 0 Å². The summed E-state index contributed by atoms with van der Waals surface area (Å²) in [4.78, 5) is 9.52. The Balaban J connectivity index is 1.73. The van der Waals surface area contributed by atoms with Crippen LogP contribution in [0.25, 0.3) is 22.5 Å². The Bertz CT molecular complexity index is 1160. The molecule has 0 spiro atoms. The van der Waals surface area contributed by atoms with Crippen LogP contribution in [0.15, 0.2) is 99.0 Å². The summed E-state index contributed by atoms with van der Waals surface area (Å²) >= 11 is 6.94. The number of hydrogen-bond acceptors (Lipinski definition) is 4. The molecule has 0 saturated heterocycles. The number of hydrazone groups is 1. The van der Waals surface area contributed by atoms with Gasteiger partial charge in [0.2, 0.25) is 5.95 Å². The van der Waals surface area contributed by atoms with Gasteiger partial charge in [-0.15, -0.1) is 0 Å². The van der Waals surface area contributed by atoms with Gasteiger partial charge in [-0.3, -0.25) is 0 Å². The molecule has 4 aromatic rings. The number of aromatic nitrogens is 2. The molecule has 0 N–H and O–H groups in total. The lowest BCUT2D eigenvalue weighted by atomic mass is 10.1. The molecule has 0 amide bonds. The fraction of sp³-hybridized carbons (Fsp3) is 0.0417. The predicted molar refractivity (Wildman–Crippen MR) is 131 cm³/mol. The Morgan fingerprint density at radius 1 is 0.733 bits per heavy atom. The maximum absolute atomic E-state index is 4.76. The van der Waals surface area contributed by atoms with Crippen molar-refractivity contribution < 1.29 is 0 Å². The minimum absolute atomic E-state index is 0.530. The third kappa shape index (κ3) is 5.01. The van der Waals surface area contributed by atoms with E-state index in [1.54, 1.807) is 11.2 Å². The minimum atomic E-state index is 0.530. The number of benzene rings is 3. The van der Waals surface area contributed by atoms with Gasteiger partial charge in [-0.2, -0.15) is 5.10 Å². The van der Waals surface area contributed by atoms with Gasteiger partial charge in [0.05, 0.1) is 17.6 Å². The van der Waals surface area contributed by atoms with Gasteiger partial charge in [0, 0.05) is 27.1 Å². The van der Waals surface area contributed by atoms with Gasteiger partial charge in [-0.25, -0.2) is 15.0 Å². The standard InChI is InChI=1S/C24H18Br2N4/c1-30(27-16-17-7-11-20(25)12-8-17)24-28-22(18-5-3-2-4-6-18)15-23(29-24)19-9-13-21(26)14-10-19/h2-16H,1H3. The average Bonchev–Trinajstić information content (AvgIpc) is 2.79. The summed E-state index contributed by atoms with van der Waals surface area (Å²) in [5.41, 5.74) is 4.74. The molecule has 0 saturated carbocycles. The monoisotopic (exact) mass is 520 g/mol. The van der Waals surface area contributed by atoms with Crippen molar-refractivity contribution in [3.05, 3.63) is 99.4 Å². The second kappa shape index (κ2) is 9.32. The normalized spacial score (nSPS) is 11.0. The van der Waals surface area contributed by atoms with Crippen LogP contribution in [0.3, 0.4) is 0 Å². The molecule has 3 aromatic carbocycles. The van der Waals surface area contributed by atoms with Crippen molar-refractivity contribution in [2.75, 3.05) is 12.1 Å². The van der Waals surface area contributed by atoms with E-state index in [1.165, 1.54) is 0 Å². The van der Waals surface area contributed by atoms with Crippen LogP contribution in [-0.2, 0) is 0 Å². The van der Waals surface area contributed by atoms with E-state index in [0.717, 1.165) is 37.0 Å². The van der Waals surface area contributed by atoms with Gasteiger partial charge in [-0.05, 0) is 35.9 Å². The van der Waals surface area contributed by atoms with E-state index in [9.17, 15) is 0 Å². The van der Waals surface area contributed by atoms with Crippen LogP contribution >= 0.6 is 31.9 Å². The fourth-order valence-electron chi connectivity index (χ4n) is 2.86. The zero-order chi connectivity index (χ0) is 20.9. The Morgan fingerprint density at radius 2 is 1.27 bits per heavy atom. The first kappa shape index (κ1) is 20.4. The largest absolute Gasteiger partial charge is 0.247 e. The summed E-state index contributed by atoms with van der Waals surface area (Å²) in [7, 11) is 1.85. The van der Waals surface area contributed by atoms with Crippen molar-refractivity contribution in [2.24, 2.45) is 5.10 Å². The van der Waals surface area contributed by atoms with E-state index in [4.69, 9.17) is 9.97 Å². The summed E-state index contributed by atoms with van der Waals surface area (Å²) in [5.74, 6) is 0.530. The van der Waals surface area contributed by atoms with Gasteiger partial charge < -0.3 is 0 Å². The van der Waals surface area contributed by atoms with Gasteiger partial charge in [0.15, 0.2) is 0 Å². The van der Waals surface area contributed by atoms with Crippen molar-refractivity contribution in [3.8, 4) is 22.5 Å². The summed E-state index contributed by atoms with van der Waals surface area (Å²) in [6, 6.07) is 28.2. The molecule has 0 aliphatic heterocycles. The van der Waals surface area contributed by atoms with Crippen LogP contribution in [0.2, 0.25) is 0 Å². The summed E-state index contributed by atoms with van der Waals surface area (Å²) in [6.07, 6.45) is 1.80. The highest BCUT2D eigenvalue weighted by molar-refractivity contribution is 9.10. The van der Waals surface area contributed by atoms with E-state index in [2.05, 4.69) is 37.0 Å². The highest BCUT2D eigenvalue weighted by Crippen LogP contribution is 2.27. The van der Waals surface area contributed by atoms with Crippen molar-refractivity contribution >= 4 is 44.0 Å². The highest BCUT2D eigenvalue weighted by Gasteiger charge is 2.11. The Labute approximate surface area is 192 Å². The quantitative estimate of drug-likeness (QED) is 0.214. The van der Waals surface area contributed by atoms with Crippen molar-refractivity contribution in [2.45, 2.75) is 0 Å².